The number of para-hydroxylation sites is 1. The molecule has 25 heavy (non-hydrogen) atoms. The summed E-state index contributed by atoms with van der Waals surface area (Å²) in [7, 11) is 0. The standard InChI is InChI=1S/C19H13Cl2N3O/c1-11-15(9-13-8-12-4-2-3-5-18(12)22-13)19(25)24(23-11)14-6-7-16(20)17(21)10-14/h2-10,23H,1H3/b13-9+. The third-order valence-electron chi connectivity index (χ3n) is 4.06. The molecule has 4 rings (SSSR count). The molecule has 124 valence electrons. The van der Waals surface area contributed by atoms with Gasteiger partial charge in [-0.3, -0.25) is 9.89 Å². The minimum absolute atomic E-state index is 0.164. The van der Waals surface area contributed by atoms with E-state index in [4.69, 9.17) is 23.2 Å². The molecule has 6 heteroatoms. The van der Waals surface area contributed by atoms with Crippen LogP contribution in [0.1, 0.15) is 11.3 Å². The van der Waals surface area contributed by atoms with Crippen molar-refractivity contribution in [3.05, 3.63) is 90.4 Å². The second-order valence-electron chi connectivity index (χ2n) is 5.77. The topological polar surface area (TPSA) is 50.1 Å². The van der Waals surface area contributed by atoms with Gasteiger partial charge in [-0.05, 0) is 43.3 Å². The van der Waals surface area contributed by atoms with Crippen molar-refractivity contribution in [2.75, 3.05) is 0 Å². The molecule has 1 aromatic heterocycles. The Balaban J connectivity index is 1.82. The number of halogens is 2. The average Bonchev–Trinajstić information content (AvgIpc) is 3.13. The van der Waals surface area contributed by atoms with Crippen molar-refractivity contribution in [2.45, 2.75) is 6.92 Å². The summed E-state index contributed by atoms with van der Waals surface area (Å²) in [6, 6.07) is 12.9. The quantitative estimate of drug-likeness (QED) is 0.740. The maximum absolute atomic E-state index is 12.8. The number of rotatable bonds is 2. The van der Waals surface area contributed by atoms with Crippen molar-refractivity contribution in [1.82, 2.24) is 9.78 Å². The fraction of sp³-hybridized carbons (Fsp3) is 0.0526. The largest absolute Gasteiger partial charge is 0.295 e. The van der Waals surface area contributed by atoms with E-state index >= 15 is 0 Å². The van der Waals surface area contributed by atoms with Crippen LogP contribution in [0.4, 0.5) is 0 Å². The van der Waals surface area contributed by atoms with Crippen molar-refractivity contribution in [3.8, 4) is 5.69 Å². The van der Waals surface area contributed by atoms with Crippen LogP contribution in [-0.2, 0) is 0 Å². The van der Waals surface area contributed by atoms with Crippen molar-refractivity contribution in [1.29, 1.82) is 0 Å². The lowest BCUT2D eigenvalue weighted by Crippen LogP contribution is -2.19. The predicted octanol–water partition coefficient (Wildman–Crippen LogP) is 3.24. The molecule has 0 amide bonds. The summed E-state index contributed by atoms with van der Waals surface area (Å²) in [6.45, 7) is 1.85. The summed E-state index contributed by atoms with van der Waals surface area (Å²) in [5.41, 5.74) is 2.53. The van der Waals surface area contributed by atoms with Gasteiger partial charge in [-0.2, -0.15) is 0 Å². The van der Waals surface area contributed by atoms with E-state index in [1.807, 2.05) is 37.3 Å². The number of aryl methyl sites for hydroxylation is 1. The molecule has 0 aliphatic carbocycles. The first-order chi connectivity index (χ1) is 12.0. The number of aromatic nitrogens is 2. The van der Waals surface area contributed by atoms with Crippen LogP contribution < -0.4 is 16.1 Å². The van der Waals surface area contributed by atoms with E-state index < -0.39 is 0 Å². The Morgan fingerprint density at radius 3 is 2.68 bits per heavy atom. The molecule has 4 nitrogen and oxygen atoms in total. The minimum Gasteiger partial charge on any atom is -0.295 e. The summed E-state index contributed by atoms with van der Waals surface area (Å²) >= 11 is 12.0. The SMILES string of the molecule is Cc1[nH]n(-c2ccc(Cl)c(Cl)c2)c(=O)c1/C=C1\C=c2ccccc2=N1. The molecule has 0 unspecified atom stereocenters. The van der Waals surface area contributed by atoms with Gasteiger partial charge in [-0.1, -0.05) is 41.4 Å². The summed E-state index contributed by atoms with van der Waals surface area (Å²) < 4.78 is 1.45. The maximum atomic E-state index is 12.8. The lowest BCUT2D eigenvalue weighted by molar-refractivity contribution is 0.835. The van der Waals surface area contributed by atoms with Crippen LogP contribution in [0.3, 0.4) is 0 Å². The number of allylic oxidation sites excluding steroid dienone is 1. The molecule has 1 aliphatic heterocycles. The fourth-order valence-electron chi connectivity index (χ4n) is 2.80. The Labute approximate surface area is 153 Å². The minimum atomic E-state index is -0.164. The molecule has 0 saturated heterocycles. The van der Waals surface area contributed by atoms with Crippen molar-refractivity contribution >= 4 is 35.4 Å². The van der Waals surface area contributed by atoms with Gasteiger partial charge in [-0.25, -0.2) is 9.67 Å². The van der Waals surface area contributed by atoms with Gasteiger partial charge in [-0.15, -0.1) is 0 Å². The molecule has 2 aromatic carbocycles. The monoisotopic (exact) mass is 369 g/mol. The first-order valence-corrected chi connectivity index (χ1v) is 8.43. The van der Waals surface area contributed by atoms with Crippen LogP contribution in [-0.4, -0.2) is 9.78 Å². The Bertz CT molecular complexity index is 1170. The smallest absolute Gasteiger partial charge is 0.278 e. The molecule has 1 aliphatic rings. The Morgan fingerprint density at radius 1 is 1.12 bits per heavy atom. The van der Waals surface area contributed by atoms with Gasteiger partial charge >= 0.3 is 0 Å². The molecule has 1 N–H and O–H groups in total. The van der Waals surface area contributed by atoms with E-state index in [1.54, 1.807) is 24.3 Å². The van der Waals surface area contributed by atoms with E-state index in [0.29, 0.717) is 21.3 Å². The highest BCUT2D eigenvalue weighted by atomic mass is 35.5. The normalized spacial score (nSPS) is 14.3. The van der Waals surface area contributed by atoms with Gasteiger partial charge in [0, 0.05) is 10.9 Å². The van der Waals surface area contributed by atoms with Gasteiger partial charge in [0.15, 0.2) is 0 Å². The van der Waals surface area contributed by atoms with E-state index in [-0.39, 0.29) is 5.56 Å². The van der Waals surface area contributed by atoms with Crippen molar-refractivity contribution in [3.63, 3.8) is 0 Å². The Morgan fingerprint density at radius 2 is 1.92 bits per heavy atom. The second kappa shape index (κ2) is 6.06. The van der Waals surface area contributed by atoms with Crippen LogP contribution in [0.15, 0.2) is 57.9 Å². The van der Waals surface area contributed by atoms with Gasteiger partial charge in [0.25, 0.3) is 5.56 Å². The van der Waals surface area contributed by atoms with Crippen LogP contribution in [0.25, 0.3) is 17.8 Å². The van der Waals surface area contributed by atoms with Crippen LogP contribution >= 0.6 is 23.2 Å². The van der Waals surface area contributed by atoms with Gasteiger partial charge in [0.05, 0.1) is 32.4 Å². The van der Waals surface area contributed by atoms with Crippen molar-refractivity contribution in [2.24, 2.45) is 4.99 Å². The number of benzene rings is 2. The number of nitrogens with one attached hydrogen (secondary N) is 1. The lowest BCUT2D eigenvalue weighted by atomic mass is 10.2. The molecular weight excluding hydrogens is 357 g/mol. The molecule has 0 radical (unpaired) electrons. The van der Waals surface area contributed by atoms with E-state index in [9.17, 15) is 4.79 Å². The molecule has 0 fully saturated rings. The highest BCUT2D eigenvalue weighted by molar-refractivity contribution is 6.42. The summed E-state index contributed by atoms with van der Waals surface area (Å²) in [5.74, 6) is 0. The van der Waals surface area contributed by atoms with E-state index in [2.05, 4.69) is 10.1 Å². The summed E-state index contributed by atoms with van der Waals surface area (Å²) in [4.78, 5) is 17.3. The predicted molar refractivity (Wildman–Crippen MR) is 101 cm³/mol. The average molecular weight is 370 g/mol. The highest BCUT2D eigenvalue weighted by Gasteiger charge is 2.13. The van der Waals surface area contributed by atoms with Crippen molar-refractivity contribution < 1.29 is 0 Å². The van der Waals surface area contributed by atoms with Crippen LogP contribution in [0, 0.1) is 6.92 Å². The Kier molecular flexibility index (Phi) is 3.86. The van der Waals surface area contributed by atoms with Crippen LogP contribution in [0.2, 0.25) is 10.0 Å². The molecule has 0 spiro atoms. The maximum Gasteiger partial charge on any atom is 0.278 e. The van der Waals surface area contributed by atoms with E-state index in [0.717, 1.165) is 22.0 Å². The summed E-state index contributed by atoms with van der Waals surface area (Å²) in [6.07, 6.45) is 3.76. The number of hydrogen-bond acceptors (Lipinski definition) is 2. The van der Waals surface area contributed by atoms with Gasteiger partial charge in [0.1, 0.15) is 0 Å². The van der Waals surface area contributed by atoms with Crippen LogP contribution in [0.5, 0.6) is 0 Å². The molecule has 0 saturated carbocycles. The Hall–Kier alpha value is -2.56. The number of H-pyrrole nitrogens is 1. The zero-order chi connectivity index (χ0) is 17.6. The molecule has 2 heterocycles. The number of hydrogen-bond donors (Lipinski definition) is 1. The zero-order valence-electron chi connectivity index (χ0n) is 13.3. The molecule has 3 aromatic rings. The first-order valence-electron chi connectivity index (χ1n) is 7.67. The van der Waals surface area contributed by atoms with Gasteiger partial charge in [0.2, 0.25) is 0 Å². The lowest BCUT2D eigenvalue weighted by Gasteiger charge is -2.03. The van der Waals surface area contributed by atoms with E-state index in [1.165, 1.54) is 4.68 Å². The van der Waals surface area contributed by atoms with Gasteiger partial charge < -0.3 is 0 Å². The summed E-state index contributed by atoms with van der Waals surface area (Å²) in [5, 5.41) is 5.87. The molecule has 0 bridgehead atoms. The second-order valence-corrected chi connectivity index (χ2v) is 6.59. The third kappa shape index (κ3) is 2.84. The number of fused-ring (bicyclic) bond motifs is 1. The fourth-order valence-corrected chi connectivity index (χ4v) is 3.09. The number of nitrogens with zero attached hydrogens (tertiary/aromatic N) is 2. The molecule has 0 atom stereocenters. The zero-order valence-corrected chi connectivity index (χ0v) is 14.8. The number of aromatic amines is 1. The highest BCUT2D eigenvalue weighted by Crippen LogP contribution is 2.24. The molecular formula is C19H13Cl2N3O. The third-order valence-corrected chi connectivity index (χ3v) is 4.80. The first kappa shape index (κ1) is 15.9.